The zero-order valence-corrected chi connectivity index (χ0v) is 3.72. The molecule has 0 aliphatic carbocycles. The van der Waals surface area contributed by atoms with Gasteiger partial charge in [0.15, 0.2) is 0 Å². The van der Waals surface area contributed by atoms with E-state index in [-0.39, 0.29) is 0 Å². The second-order valence-electron chi connectivity index (χ2n) is 1.44. The highest BCUT2D eigenvalue weighted by atomic mass is 15.1. The molecule has 0 amide bonds. The van der Waals surface area contributed by atoms with E-state index in [2.05, 4.69) is 10.2 Å². The molecule has 0 saturated carbocycles. The minimum Gasteiger partial charge on any atom is -0.194 e. The van der Waals surface area contributed by atoms with Crippen LogP contribution in [0, 0.1) is 0 Å². The first-order valence-electron chi connectivity index (χ1n) is 2.33. The summed E-state index contributed by atoms with van der Waals surface area (Å²) in [6.07, 6.45) is 2.48. The first-order valence-corrected chi connectivity index (χ1v) is 2.33. The molecule has 0 aromatic heterocycles. The highest BCUT2D eigenvalue weighted by Gasteiger charge is 1.89. The van der Waals surface area contributed by atoms with E-state index in [0.717, 1.165) is 13.1 Å². The molecule has 0 fully saturated rings. The molecule has 0 atom stereocenters. The Morgan fingerprint density at radius 2 is 1.33 bits per heavy atom. The van der Waals surface area contributed by atoms with E-state index in [9.17, 15) is 0 Å². The van der Waals surface area contributed by atoms with Crippen LogP contribution >= 0.6 is 0 Å². The molecule has 1 aliphatic heterocycles. The van der Waals surface area contributed by atoms with Crippen LogP contribution in [0.2, 0.25) is 0 Å². The van der Waals surface area contributed by atoms with Crippen LogP contribution < -0.4 is 0 Å². The Bertz CT molecular complexity index is 50.6. The van der Waals surface area contributed by atoms with E-state index >= 15 is 0 Å². The van der Waals surface area contributed by atoms with Gasteiger partial charge in [-0.3, -0.25) is 0 Å². The van der Waals surface area contributed by atoms with Gasteiger partial charge < -0.3 is 0 Å². The van der Waals surface area contributed by atoms with E-state index in [0.29, 0.717) is 0 Å². The molecule has 1 rings (SSSR count). The fourth-order valence-electron chi connectivity index (χ4n) is 0.506. The third-order valence-electron chi connectivity index (χ3n) is 0.866. The Kier molecular flexibility index (Phi) is 1.20. The summed E-state index contributed by atoms with van der Waals surface area (Å²) in [6, 6.07) is 0. The second kappa shape index (κ2) is 1.90. The van der Waals surface area contributed by atoms with Gasteiger partial charge in [0.2, 0.25) is 0 Å². The lowest BCUT2D eigenvalue weighted by molar-refractivity contribution is 0.650. The lowest BCUT2D eigenvalue weighted by Gasteiger charge is -1.96. The van der Waals surface area contributed by atoms with Crippen molar-refractivity contribution in [2.24, 2.45) is 10.2 Å². The summed E-state index contributed by atoms with van der Waals surface area (Å²) in [4.78, 5) is 0. The van der Waals surface area contributed by atoms with Crippen LogP contribution in [-0.2, 0) is 0 Å². The van der Waals surface area contributed by atoms with Gasteiger partial charge in [-0.2, -0.15) is 10.2 Å². The molecule has 0 saturated heterocycles. The monoisotopic (exact) mass is 84.1 g/mol. The van der Waals surface area contributed by atoms with Gasteiger partial charge in [0, 0.05) is 0 Å². The molecule has 2 nitrogen and oxygen atoms in total. The smallest absolute Gasteiger partial charge is 0.0599 e. The lowest BCUT2D eigenvalue weighted by atomic mass is 10.3. The van der Waals surface area contributed by atoms with Crippen LogP contribution in [0.5, 0.6) is 0 Å². The van der Waals surface area contributed by atoms with E-state index in [1.807, 2.05) is 0 Å². The maximum Gasteiger partial charge on any atom is 0.0599 e. The molecule has 0 aromatic carbocycles. The van der Waals surface area contributed by atoms with Crippen molar-refractivity contribution in [1.82, 2.24) is 0 Å². The first kappa shape index (κ1) is 3.78. The Morgan fingerprint density at radius 3 is 1.50 bits per heavy atom. The Labute approximate surface area is 37.3 Å². The van der Waals surface area contributed by atoms with Gasteiger partial charge in [0.1, 0.15) is 0 Å². The fourth-order valence-corrected chi connectivity index (χ4v) is 0.506. The molecule has 2 heteroatoms. The number of hydrogen-bond acceptors (Lipinski definition) is 2. The number of hydrogen-bond donors (Lipinski definition) is 0. The summed E-state index contributed by atoms with van der Waals surface area (Å²) in [6.45, 7) is 1.92. The van der Waals surface area contributed by atoms with Crippen LogP contribution in [0.1, 0.15) is 12.8 Å². The Morgan fingerprint density at radius 1 is 0.833 bits per heavy atom. The molecule has 6 heavy (non-hydrogen) atoms. The van der Waals surface area contributed by atoms with Crippen LogP contribution in [0.15, 0.2) is 10.2 Å². The van der Waals surface area contributed by atoms with Crippen LogP contribution in [-0.4, -0.2) is 13.1 Å². The van der Waals surface area contributed by atoms with Gasteiger partial charge in [-0.05, 0) is 12.8 Å². The van der Waals surface area contributed by atoms with Gasteiger partial charge in [0.25, 0.3) is 0 Å². The van der Waals surface area contributed by atoms with Crippen molar-refractivity contribution in [2.45, 2.75) is 12.8 Å². The summed E-state index contributed by atoms with van der Waals surface area (Å²) in [5.74, 6) is 0. The average Bonchev–Trinajstić information content (AvgIpc) is 1.72. The molecule has 0 aromatic rings. The zero-order chi connectivity index (χ0) is 4.24. The predicted molar refractivity (Wildman–Crippen MR) is 23.8 cm³/mol. The van der Waals surface area contributed by atoms with Crippen molar-refractivity contribution >= 4 is 0 Å². The van der Waals surface area contributed by atoms with Crippen LogP contribution in [0.3, 0.4) is 0 Å². The third kappa shape index (κ3) is 0.776. The summed E-state index contributed by atoms with van der Waals surface area (Å²) >= 11 is 0. The maximum absolute atomic E-state index is 3.80. The highest BCUT2D eigenvalue weighted by molar-refractivity contribution is 4.50. The second-order valence-corrected chi connectivity index (χ2v) is 1.44. The molecular weight excluding hydrogens is 76.1 g/mol. The molecule has 0 radical (unpaired) electrons. The zero-order valence-electron chi connectivity index (χ0n) is 3.72. The van der Waals surface area contributed by atoms with Crippen molar-refractivity contribution < 1.29 is 0 Å². The quantitative estimate of drug-likeness (QED) is 0.421. The maximum atomic E-state index is 3.80. The largest absolute Gasteiger partial charge is 0.194 e. The number of nitrogens with zero attached hydrogens (tertiary/aromatic N) is 2. The number of azo groups is 1. The van der Waals surface area contributed by atoms with Gasteiger partial charge in [0.05, 0.1) is 13.1 Å². The summed E-state index contributed by atoms with van der Waals surface area (Å²) in [5.41, 5.74) is 0. The highest BCUT2D eigenvalue weighted by Crippen LogP contribution is 1.96. The summed E-state index contributed by atoms with van der Waals surface area (Å²) < 4.78 is 0. The van der Waals surface area contributed by atoms with Crippen molar-refractivity contribution in [3.8, 4) is 0 Å². The van der Waals surface area contributed by atoms with Crippen molar-refractivity contribution in [1.29, 1.82) is 0 Å². The SMILES string of the molecule is C1CCN=NC1. The Hall–Kier alpha value is -0.400. The topological polar surface area (TPSA) is 24.7 Å². The normalized spacial score (nSPS) is 21.3. The van der Waals surface area contributed by atoms with E-state index in [1.165, 1.54) is 12.8 Å². The standard InChI is InChI=1S/C4H8N2/c1-2-4-6-5-3-1/h1-4H2. The van der Waals surface area contributed by atoms with Crippen molar-refractivity contribution in [2.75, 3.05) is 13.1 Å². The van der Waals surface area contributed by atoms with E-state index < -0.39 is 0 Å². The molecule has 0 unspecified atom stereocenters. The van der Waals surface area contributed by atoms with Gasteiger partial charge in [-0.25, -0.2) is 0 Å². The summed E-state index contributed by atoms with van der Waals surface area (Å²) in [7, 11) is 0. The molecule has 34 valence electrons. The molecular formula is C4H8N2. The van der Waals surface area contributed by atoms with E-state index in [1.54, 1.807) is 0 Å². The third-order valence-corrected chi connectivity index (χ3v) is 0.866. The first-order chi connectivity index (χ1) is 3.00. The lowest BCUT2D eigenvalue weighted by Crippen LogP contribution is -1.89. The Balaban J connectivity index is 2.26. The predicted octanol–water partition coefficient (Wildman–Crippen LogP) is 1.23. The van der Waals surface area contributed by atoms with Gasteiger partial charge in [-0.15, -0.1) is 0 Å². The molecule has 1 aliphatic rings. The van der Waals surface area contributed by atoms with Gasteiger partial charge in [-0.1, -0.05) is 0 Å². The van der Waals surface area contributed by atoms with Gasteiger partial charge >= 0.3 is 0 Å². The van der Waals surface area contributed by atoms with Crippen LogP contribution in [0.4, 0.5) is 0 Å². The van der Waals surface area contributed by atoms with Crippen molar-refractivity contribution in [3.05, 3.63) is 0 Å². The molecule has 0 bridgehead atoms. The summed E-state index contributed by atoms with van der Waals surface area (Å²) in [5, 5.41) is 7.60. The minimum atomic E-state index is 0.958. The van der Waals surface area contributed by atoms with Crippen molar-refractivity contribution in [3.63, 3.8) is 0 Å². The number of rotatable bonds is 0. The fraction of sp³-hybridized carbons (Fsp3) is 1.00. The molecule has 1 heterocycles. The van der Waals surface area contributed by atoms with Crippen LogP contribution in [0.25, 0.3) is 0 Å². The minimum absolute atomic E-state index is 0.958. The van der Waals surface area contributed by atoms with E-state index in [4.69, 9.17) is 0 Å². The molecule has 0 N–H and O–H groups in total. The average molecular weight is 84.1 g/mol. The molecule has 0 spiro atoms.